The summed E-state index contributed by atoms with van der Waals surface area (Å²) in [7, 11) is 0. The Balaban J connectivity index is 1.76. The Hall–Kier alpha value is -1.36. The fraction of sp³-hybridized carbons (Fsp3) is 0.667. The highest BCUT2D eigenvalue weighted by Crippen LogP contribution is 2.05. The van der Waals surface area contributed by atoms with E-state index in [1.165, 1.54) is 0 Å². The topological polar surface area (TPSA) is 50.2 Å². The molecule has 1 aromatic rings. The van der Waals surface area contributed by atoms with Gasteiger partial charge in [-0.15, -0.1) is 0 Å². The van der Waals surface area contributed by atoms with Crippen LogP contribution in [0.3, 0.4) is 0 Å². The van der Waals surface area contributed by atoms with Gasteiger partial charge in [0, 0.05) is 38.6 Å². The first-order valence-electron chi connectivity index (χ1n) is 6.29. The Kier molecular flexibility index (Phi) is 4.14. The zero-order chi connectivity index (χ0) is 12.1. The van der Waals surface area contributed by atoms with Crippen molar-refractivity contribution in [3.63, 3.8) is 0 Å². The molecule has 0 aliphatic carbocycles. The zero-order valence-electron chi connectivity index (χ0n) is 10.3. The summed E-state index contributed by atoms with van der Waals surface area (Å²) in [5, 5.41) is 3.25. The molecule has 1 fully saturated rings. The second-order valence-electron chi connectivity index (χ2n) is 4.39. The number of nitrogens with one attached hydrogen (secondary N) is 1. The fourth-order valence-corrected chi connectivity index (χ4v) is 2.20. The van der Waals surface area contributed by atoms with E-state index >= 15 is 0 Å². The monoisotopic (exact) mass is 236 g/mol. The van der Waals surface area contributed by atoms with Crippen LogP contribution in [0.15, 0.2) is 18.7 Å². The second kappa shape index (κ2) is 5.82. The van der Waals surface area contributed by atoms with Crippen LogP contribution < -0.4 is 5.32 Å². The van der Waals surface area contributed by atoms with Crippen LogP contribution in [0.2, 0.25) is 0 Å². The molecule has 1 amide bonds. The average molecular weight is 236 g/mol. The van der Waals surface area contributed by atoms with Gasteiger partial charge in [-0.1, -0.05) is 6.92 Å². The van der Waals surface area contributed by atoms with Gasteiger partial charge in [-0.2, -0.15) is 0 Å². The molecule has 1 saturated heterocycles. The molecule has 2 heterocycles. The van der Waals surface area contributed by atoms with Crippen LogP contribution in [0.5, 0.6) is 0 Å². The molecule has 1 atom stereocenters. The van der Waals surface area contributed by atoms with Gasteiger partial charge < -0.3 is 14.8 Å². The molecule has 17 heavy (non-hydrogen) atoms. The van der Waals surface area contributed by atoms with Crippen LogP contribution in [-0.4, -0.2) is 46.0 Å². The number of piperazine rings is 1. The summed E-state index contributed by atoms with van der Waals surface area (Å²) in [4.78, 5) is 18.0. The molecular formula is C12H20N4O. The Morgan fingerprint density at radius 3 is 3.12 bits per heavy atom. The average Bonchev–Trinajstić information content (AvgIpc) is 2.84. The molecule has 1 aliphatic heterocycles. The molecule has 94 valence electrons. The van der Waals surface area contributed by atoms with Crippen molar-refractivity contribution >= 4 is 5.91 Å². The first kappa shape index (κ1) is 12.1. The van der Waals surface area contributed by atoms with E-state index in [1.54, 1.807) is 6.20 Å². The van der Waals surface area contributed by atoms with Gasteiger partial charge >= 0.3 is 0 Å². The van der Waals surface area contributed by atoms with E-state index in [-0.39, 0.29) is 11.9 Å². The summed E-state index contributed by atoms with van der Waals surface area (Å²) in [5.41, 5.74) is 0. The predicted molar refractivity (Wildman–Crippen MR) is 65.5 cm³/mol. The lowest BCUT2D eigenvalue weighted by molar-refractivity contribution is -0.135. The molecule has 2 rings (SSSR count). The van der Waals surface area contributed by atoms with Crippen molar-refractivity contribution in [2.45, 2.75) is 32.4 Å². The molecule has 5 nitrogen and oxygen atoms in total. The largest absolute Gasteiger partial charge is 0.340 e. The molecule has 0 aromatic carbocycles. The van der Waals surface area contributed by atoms with E-state index in [1.807, 2.05) is 28.9 Å². The molecule has 0 spiro atoms. The minimum Gasteiger partial charge on any atom is -0.340 e. The Bertz CT molecular complexity index is 349. The highest BCUT2D eigenvalue weighted by Gasteiger charge is 2.25. The predicted octanol–water partition coefficient (Wildman–Crippen LogP) is 0.484. The number of nitrogens with zero attached hydrogens (tertiary/aromatic N) is 3. The first-order chi connectivity index (χ1) is 8.31. The van der Waals surface area contributed by atoms with Crippen molar-refractivity contribution in [3.8, 4) is 0 Å². The fourth-order valence-electron chi connectivity index (χ4n) is 2.20. The maximum Gasteiger partial charge on any atom is 0.239 e. The summed E-state index contributed by atoms with van der Waals surface area (Å²) in [6.45, 7) is 5.56. The number of hydrogen-bond acceptors (Lipinski definition) is 3. The molecule has 1 unspecified atom stereocenters. The van der Waals surface area contributed by atoms with Crippen LogP contribution in [0.25, 0.3) is 0 Å². The van der Waals surface area contributed by atoms with Gasteiger partial charge in [-0.05, 0) is 12.8 Å². The van der Waals surface area contributed by atoms with E-state index in [4.69, 9.17) is 0 Å². The van der Waals surface area contributed by atoms with E-state index in [2.05, 4.69) is 10.3 Å². The normalized spacial score (nSPS) is 20.9. The van der Waals surface area contributed by atoms with Crippen LogP contribution in [0.1, 0.15) is 19.8 Å². The van der Waals surface area contributed by atoms with E-state index < -0.39 is 0 Å². The molecular weight excluding hydrogens is 216 g/mol. The van der Waals surface area contributed by atoms with Gasteiger partial charge in [0.25, 0.3) is 0 Å². The molecule has 1 N–H and O–H groups in total. The molecule has 0 radical (unpaired) electrons. The molecule has 1 aromatic heterocycles. The van der Waals surface area contributed by atoms with Crippen molar-refractivity contribution in [2.75, 3.05) is 19.6 Å². The number of aryl methyl sites for hydroxylation is 1. The molecule has 5 heteroatoms. The van der Waals surface area contributed by atoms with E-state index in [0.29, 0.717) is 0 Å². The van der Waals surface area contributed by atoms with Crippen LogP contribution in [-0.2, 0) is 11.3 Å². The Labute approximate surface area is 102 Å². The summed E-state index contributed by atoms with van der Waals surface area (Å²) in [6.07, 6.45) is 7.40. The zero-order valence-corrected chi connectivity index (χ0v) is 10.3. The lowest BCUT2D eigenvalue weighted by Gasteiger charge is -2.32. The van der Waals surface area contributed by atoms with Crippen LogP contribution in [0, 0.1) is 0 Å². The van der Waals surface area contributed by atoms with Crippen LogP contribution in [0.4, 0.5) is 0 Å². The summed E-state index contributed by atoms with van der Waals surface area (Å²) >= 11 is 0. The number of rotatable bonds is 5. The summed E-state index contributed by atoms with van der Waals surface area (Å²) < 4.78 is 2.05. The number of imidazole rings is 1. The van der Waals surface area contributed by atoms with Crippen LogP contribution >= 0.6 is 0 Å². The second-order valence-corrected chi connectivity index (χ2v) is 4.39. The maximum atomic E-state index is 12.0. The summed E-state index contributed by atoms with van der Waals surface area (Å²) in [6, 6.07) is 0.0250. The third-order valence-corrected chi connectivity index (χ3v) is 3.19. The van der Waals surface area contributed by atoms with Gasteiger partial charge in [0.1, 0.15) is 0 Å². The third kappa shape index (κ3) is 3.06. The molecule has 0 bridgehead atoms. The first-order valence-corrected chi connectivity index (χ1v) is 6.29. The van der Waals surface area contributed by atoms with E-state index in [9.17, 15) is 4.79 Å². The standard InChI is InChI=1S/C12H20N4O/c1-2-11-12(17)16(9-5-14-11)7-3-6-15-8-4-13-10-15/h4,8,10-11,14H,2-3,5-7,9H2,1H3. The lowest BCUT2D eigenvalue weighted by Crippen LogP contribution is -2.54. The van der Waals surface area contributed by atoms with Crippen molar-refractivity contribution in [2.24, 2.45) is 0 Å². The Morgan fingerprint density at radius 2 is 2.41 bits per heavy atom. The molecule has 0 saturated carbocycles. The molecule has 1 aliphatic rings. The van der Waals surface area contributed by atoms with Crippen molar-refractivity contribution in [3.05, 3.63) is 18.7 Å². The maximum absolute atomic E-state index is 12.0. The van der Waals surface area contributed by atoms with Gasteiger partial charge in [-0.3, -0.25) is 4.79 Å². The number of aromatic nitrogens is 2. The smallest absolute Gasteiger partial charge is 0.239 e. The summed E-state index contributed by atoms with van der Waals surface area (Å²) in [5.74, 6) is 0.254. The van der Waals surface area contributed by atoms with E-state index in [0.717, 1.165) is 39.0 Å². The van der Waals surface area contributed by atoms with Gasteiger partial charge in [0.2, 0.25) is 5.91 Å². The van der Waals surface area contributed by atoms with Crippen molar-refractivity contribution in [1.29, 1.82) is 0 Å². The Morgan fingerprint density at radius 1 is 1.53 bits per heavy atom. The SMILES string of the molecule is CCC1NCCN(CCCn2ccnc2)C1=O. The van der Waals surface area contributed by atoms with Gasteiger partial charge in [0.05, 0.1) is 12.4 Å². The quantitative estimate of drug-likeness (QED) is 0.809. The van der Waals surface area contributed by atoms with Crippen molar-refractivity contribution in [1.82, 2.24) is 19.8 Å². The third-order valence-electron chi connectivity index (χ3n) is 3.19. The highest BCUT2D eigenvalue weighted by atomic mass is 16.2. The number of carbonyl (C=O) groups excluding carboxylic acids is 1. The van der Waals surface area contributed by atoms with Crippen molar-refractivity contribution < 1.29 is 4.79 Å². The van der Waals surface area contributed by atoms with Gasteiger partial charge in [0.15, 0.2) is 0 Å². The minimum atomic E-state index is 0.0250. The van der Waals surface area contributed by atoms with Gasteiger partial charge in [-0.25, -0.2) is 4.98 Å². The highest BCUT2D eigenvalue weighted by molar-refractivity contribution is 5.82. The number of amides is 1. The number of carbonyl (C=O) groups is 1. The minimum absolute atomic E-state index is 0.0250. The number of hydrogen-bond donors (Lipinski definition) is 1. The lowest BCUT2D eigenvalue weighted by atomic mass is 10.1.